The number of para-hydroxylation sites is 1. The van der Waals surface area contributed by atoms with Crippen LogP contribution in [0.25, 0.3) is 0 Å². The predicted octanol–water partition coefficient (Wildman–Crippen LogP) is 3.33. The van der Waals surface area contributed by atoms with Gasteiger partial charge in [0.25, 0.3) is 0 Å². The molecule has 1 aromatic carbocycles. The van der Waals surface area contributed by atoms with Crippen LogP contribution in [0.4, 0.5) is 18.9 Å². The maximum Gasteiger partial charge on any atom is 0.392 e. The molecule has 2 heterocycles. The molecule has 0 spiro atoms. The summed E-state index contributed by atoms with van der Waals surface area (Å²) in [5.41, 5.74) is 0.439. The van der Waals surface area contributed by atoms with Crippen molar-refractivity contribution in [3.63, 3.8) is 0 Å². The minimum atomic E-state index is -4.37. The molecule has 0 N–H and O–H groups in total. The highest BCUT2D eigenvalue weighted by Crippen LogP contribution is 2.53. The number of fused-ring (bicyclic) bond motifs is 3. The summed E-state index contributed by atoms with van der Waals surface area (Å²) in [5, 5.41) is 0. The lowest BCUT2D eigenvalue weighted by Gasteiger charge is -2.51. The average Bonchev–Trinajstić information content (AvgIpc) is 2.85. The molecule has 2 aliphatic heterocycles. The van der Waals surface area contributed by atoms with Crippen molar-refractivity contribution in [3.05, 3.63) is 30.3 Å². The molecule has 0 radical (unpaired) electrons. The largest absolute Gasteiger partial charge is 0.392 e. The van der Waals surface area contributed by atoms with E-state index in [-0.39, 0.29) is 24.3 Å². The fourth-order valence-electron chi connectivity index (χ4n) is 5.49. The minimum absolute atomic E-state index is 0.0224. The second-order valence-electron chi connectivity index (χ2n) is 8.29. The van der Waals surface area contributed by atoms with Crippen molar-refractivity contribution in [1.29, 1.82) is 0 Å². The van der Waals surface area contributed by atoms with Crippen LogP contribution >= 0.6 is 0 Å². The van der Waals surface area contributed by atoms with Gasteiger partial charge in [0, 0.05) is 12.6 Å². The van der Waals surface area contributed by atoms with Crippen LogP contribution in [0.1, 0.15) is 19.8 Å². The molecule has 1 aromatic rings. The molecule has 2 saturated heterocycles. The number of hydrogen-bond acceptors (Lipinski definition) is 3. The van der Waals surface area contributed by atoms with Gasteiger partial charge >= 0.3 is 6.18 Å². The molecule has 4 nitrogen and oxygen atoms in total. The van der Waals surface area contributed by atoms with Crippen molar-refractivity contribution in [2.75, 3.05) is 18.5 Å². The number of benzene rings is 1. The summed E-state index contributed by atoms with van der Waals surface area (Å²) in [6, 6.07) is 8.18. The number of piperidine rings is 1. The highest BCUT2D eigenvalue weighted by atomic mass is 19.4. The van der Waals surface area contributed by atoms with Gasteiger partial charge in [-0.3, -0.25) is 14.5 Å². The number of hydrogen-bond donors (Lipinski definition) is 0. The van der Waals surface area contributed by atoms with Crippen molar-refractivity contribution in [2.24, 2.45) is 29.6 Å². The third-order valence-electron chi connectivity index (χ3n) is 6.59. The van der Waals surface area contributed by atoms with Crippen molar-refractivity contribution in [3.8, 4) is 0 Å². The molecule has 5 unspecified atom stereocenters. The maximum absolute atomic E-state index is 13.9. The molecule has 3 aliphatic rings. The Kier molecular flexibility index (Phi) is 4.33. The summed E-state index contributed by atoms with van der Waals surface area (Å²) in [5.74, 6) is -4.91. The third-order valence-corrected chi connectivity index (χ3v) is 6.59. The maximum atomic E-state index is 13.9. The first-order chi connectivity index (χ1) is 12.7. The number of carbonyl (C=O) groups excluding carboxylic acids is 2. The second-order valence-corrected chi connectivity index (χ2v) is 8.29. The molecule has 0 bridgehead atoms. The number of anilines is 1. The lowest BCUT2D eigenvalue weighted by Crippen LogP contribution is -2.59. The number of alkyl halides is 3. The zero-order chi connectivity index (χ0) is 19.5. The van der Waals surface area contributed by atoms with Crippen molar-refractivity contribution < 1.29 is 22.8 Å². The molecule has 27 heavy (non-hydrogen) atoms. The van der Waals surface area contributed by atoms with E-state index < -0.39 is 35.8 Å². The Morgan fingerprint density at radius 1 is 1.04 bits per heavy atom. The van der Waals surface area contributed by atoms with Crippen molar-refractivity contribution in [1.82, 2.24) is 4.90 Å². The van der Waals surface area contributed by atoms with E-state index in [1.807, 2.05) is 11.8 Å². The molecular weight excluding hydrogens is 357 g/mol. The van der Waals surface area contributed by atoms with E-state index >= 15 is 0 Å². The molecule has 4 rings (SSSR count). The van der Waals surface area contributed by atoms with Crippen LogP contribution in [-0.2, 0) is 9.59 Å². The van der Waals surface area contributed by atoms with Gasteiger partial charge in [-0.1, -0.05) is 25.1 Å². The molecule has 1 saturated carbocycles. The number of amides is 2. The summed E-state index contributed by atoms with van der Waals surface area (Å²) < 4.78 is 41.7. The first kappa shape index (κ1) is 18.5. The third kappa shape index (κ3) is 2.87. The number of halogens is 3. The number of imide groups is 1. The summed E-state index contributed by atoms with van der Waals surface area (Å²) in [6.45, 7) is 2.17. The molecule has 2 amide bonds. The van der Waals surface area contributed by atoms with Crippen LogP contribution < -0.4 is 4.90 Å². The summed E-state index contributed by atoms with van der Waals surface area (Å²) in [6.07, 6.45) is -3.72. The zero-order valence-corrected chi connectivity index (χ0v) is 15.3. The monoisotopic (exact) mass is 380 g/mol. The number of rotatable bonds is 1. The lowest BCUT2D eigenvalue weighted by molar-refractivity contribution is -0.221. The quantitative estimate of drug-likeness (QED) is 0.702. The van der Waals surface area contributed by atoms with E-state index in [1.54, 1.807) is 37.4 Å². The Balaban J connectivity index is 1.76. The van der Waals surface area contributed by atoms with Crippen LogP contribution in [0, 0.1) is 29.6 Å². The van der Waals surface area contributed by atoms with E-state index in [0.29, 0.717) is 18.7 Å². The second kappa shape index (κ2) is 6.33. The van der Waals surface area contributed by atoms with E-state index in [9.17, 15) is 22.8 Å². The van der Waals surface area contributed by atoms with Gasteiger partial charge in [-0.25, -0.2) is 0 Å². The van der Waals surface area contributed by atoms with Crippen LogP contribution in [0.3, 0.4) is 0 Å². The Morgan fingerprint density at radius 2 is 1.70 bits per heavy atom. The van der Waals surface area contributed by atoms with E-state index in [2.05, 4.69) is 0 Å². The van der Waals surface area contributed by atoms with Gasteiger partial charge in [-0.05, 0) is 43.9 Å². The van der Waals surface area contributed by atoms with E-state index in [4.69, 9.17) is 0 Å². The van der Waals surface area contributed by atoms with Gasteiger partial charge in [0.1, 0.15) is 0 Å². The highest BCUT2D eigenvalue weighted by molar-refractivity contribution is 6.22. The van der Waals surface area contributed by atoms with Gasteiger partial charge in [0.05, 0.1) is 23.4 Å². The van der Waals surface area contributed by atoms with Gasteiger partial charge in [0.2, 0.25) is 11.8 Å². The predicted molar refractivity (Wildman–Crippen MR) is 93.8 cm³/mol. The van der Waals surface area contributed by atoms with E-state index in [1.165, 1.54) is 0 Å². The number of carbonyl (C=O) groups is 2. The Bertz CT molecular complexity index is 751. The fraction of sp³-hybridized carbons (Fsp3) is 0.600. The standard InChI is InChI=1S/C20H23F3N2O2/c1-11-8-14(20(21,22)23)17-15(9-11)24(2)10-13-16(17)19(27)25(18(13)26)12-6-4-3-5-7-12/h3-7,11,13-17H,8-10H2,1-2H3/t11?,13-,14?,15?,16?,17?/m1/s1. The fourth-order valence-corrected chi connectivity index (χ4v) is 5.49. The topological polar surface area (TPSA) is 40.6 Å². The van der Waals surface area contributed by atoms with E-state index in [0.717, 1.165) is 4.90 Å². The Hall–Kier alpha value is -1.89. The van der Waals surface area contributed by atoms with Gasteiger partial charge in [-0.15, -0.1) is 0 Å². The first-order valence-electron chi connectivity index (χ1n) is 9.40. The van der Waals surface area contributed by atoms with Gasteiger partial charge < -0.3 is 4.90 Å². The van der Waals surface area contributed by atoms with Crippen molar-refractivity contribution in [2.45, 2.75) is 32.0 Å². The first-order valence-corrected chi connectivity index (χ1v) is 9.40. The molecule has 6 atom stereocenters. The smallest absolute Gasteiger partial charge is 0.302 e. The normalized spacial score (nSPS) is 37.3. The molecule has 7 heteroatoms. The van der Waals surface area contributed by atoms with Crippen LogP contribution in [0.2, 0.25) is 0 Å². The molecule has 3 fully saturated rings. The SMILES string of the molecule is CC1CC2C(C3C(=O)N(c4ccccc4)C(=O)[C@@H]3CN2C)C(C(F)(F)F)C1. The van der Waals surface area contributed by atoms with Crippen molar-refractivity contribution >= 4 is 17.5 Å². The molecule has 0 aromatic heterocycles. The van der Waals surface area contributed by atoms with Crippen LogP contribution in [-0.4, -0.2) is 42.5 Å². The Labute approximate surface area is 156 Å². The van der Waals surface area contributed by atoms with Crippen LogP contribution in [0.15, 0.2) is 30.3 Å². The number of nitrogens with zero attached hydrogens (tertiary/aromatic N) is 2. The minimum Gasteiger partial charge on any atom is -0.302 e. The Morgan fingerprint density at radius 3 is 2.33 bits per heavy atom. The lowest BCUT2D eigenvalue weighted by atomic mass is 9.61. The number of likely N-dealkylation sites (tertiary alicyclic amines) is 1. The molecule has 1 aliphatic carbocycles. The average molecular weight is 380 g/mol. The molecular formula is C20H23F3N2O2. The van der Waals surface area contributed by atoms with Gasteiger partial charge in [0.15, 0.2) is 0 Å². The summed E-state index contributed by atoms with van der Waals surface area (Å²) in [7, 11) is 1.78. The van der Waals surface area contributed by atoms with Gasteiger partial charge in [-0.2, -0.15) is 13.2 Å². The van der Waals surface area contributed by atoms with Crippen LogP contribution in [0.5, 0.6) is 0 Å². The molecule has 146 valence electrons. The highest BCUT2D eigenvalue weighted by Gasteiger charge is 2.63. The summed E-state index contributed by atoms with van der Waals surface area (Å²) >= 11 is 0. The summed E-state index contributed by atoms with van der Waals surface area (Å²) in [4.78, 5) is 29.2. The zero-order valence-electron chi connectivity index (χ0n) is 15.3.